The molecule has 0 saturated carbocycles. The molecule has 1 heterocycles. The van der Waals surface area contributed by atoms with Crippen LogP contribution < -0.4 is 15.5 Å². The van der Waals surface area contributed by atoms with Gasteiger partial charge in [-0.3, -0.25) is 9.59 Å². The summed E-state index contributed by atoms with van der Waals surface area (Å²) in [6.45, 7) is 2.73. The molecular weight excluding hydrogens is 364 g/mol. The summed E-state index contributed by atoms with van der Waals surface area (Å²) in [6, 6.07) is 5.76. The SMILES string of the molecule is COc1cc([C@H](CC(=O)NCCN(C)C)c2oc(C)cc(=O)c2O)ccc1O. The molecule has 8 nitrogen and oxygen atoms in total. The van der Waals surface area contributed by atoms with Crippen LogP contribution in [0.4, 0.5) is 0 Å². The fourth-order valence-corrected chi connectivity index (χ4v) is 2.81. The lowest BCUT2D eigenvalue weighted by atomic mass is 9.91. The number of benzene rings is 1. The number of hydrogen-bond acceptors (Lipinski definition) is 7. The summed E-state index contributed by atoms with van der Waals surface area (Å²) in [5, 5.41) is 22.9. The maximum absolute atomic E-state index is 12.5. The maximum atomic E-state index is 12.5. The van der Waals surface area contributed by atoms with E-state index < -0.39 is 17.1 Å². The van der Waals surface area contributed by atoms with E-state index in [1.54, 1.807) is 19.1 Å². The molecule has 152 valence electrons. The second-order valence-electron chi connectivity index (χ2n) is 6.78. The average molecular weight is 390 g/mol. The van der Waals surface area contributed by atoms with Gasteiger partial charge in [-0.15, -0.1) is 0 Å². The van der Waals surface area contributed by atoms with E-state index in [2.05, 4.69) is 5.32 Å². The minimum absolute atomic E-state index is 0.000465. The molecule has 1 aromatic carbocycles. The van der Waals surface area contributed by atoms with Crippen molar-refractivity contribution in [2.45, 2.75) is 19.3 Å². The number of carbonyl (C=O) groups excluding carboxylic acids is 1. The third kappa shape index (κ3) is 5.26. The van der Waals surface area contributed by atoms with Crippen LogP contribution in [0, 0.1) is 6.92 Å². The number of phenolic OH excluding ortho intramolecular Hbond substituents is 1. The smallest absolute Gasteiger partial charge is 0.227 e. The van der Waals surface area contributed by atoms with Gasteiger partial charge in [0.2, 0.25) is 17.1 Å². The molecule has 0 bridgehead atoms. The topological polar surface area (TPSA) is 112 Å². The molecule has 2 aromatic rings. The van der Waals surface area contributed by atoms with E-state index in [1.807, 2.05) is 19.0 Å². The Hall–Kier alpha value is -3.00. The molecule has 0 radical (unpaired) electrons. The summed E-state index contributed by atoms with van der Waals surface area (Å²) in [5.74, 6) is -1.06. The number of likely N-dealkylation sites (N-methyl/N-ethyl adjacent to an activating group) is 1. The van der Waals surface area contributed by atoms with Gasteiger partial charge in [0, 0.05) is 25.6 Å². The molecule has 0 aliphatic carbocycles. The summed E-state index contributed by atoms with van der Waals surface area (Å²) < 4.78 is 10.7. The Labute approximate surface area is 163 Å². The number of carbonyl (C=O) groups is 1. The van der Waals surface area contributed by atoms with E-state index in [1.165, 1.54) is 19.2 Å². The van der Waals surface area contributed by atoms with Crippen molar-refractivity contribution in [3.05, 3.63) is 51.6 Å². The molecule has 0 aliphatic heterocycles. The van der Waals surface area contributed by atoms with E-state index in [-0.39, 0.29) is 29.6 Å². The first-order chi connectivity index (χ1) is 13.2. The molecule has 1 amide bonds. The Balaban J connectivity index is 2.42. The first kappa shape index (κ1) is 21.3. The number of amides is 1. The van der Waals surface area contributed by atoms with Crippen LogP contribution in [0.5, 0.6) is 17.2 Å². The van der Waals surface area contributed by atoms with E-state index in [0.29, 0.717) is 24.4 Å². The number of rotatable bonds is 8. The second kappa shape index (κ2) is 9.27. The Morgan fingerprint density at radius 3 is 2.64 bits per heavy atom. The van der Waals surface area contributed by atoms with Crippen molar-refractivity contribution in [2.75, 3.05) is 34.3 Å². The summed E-state index contributed by atoms with van der Waals surface area (Å²) >= 11 is 0. The monoisotopic (exact) mass is 390 g/mol. The van der Waals surface area contributed by atoms with Gasteiger partial charge < -0.3 is 29.6 Å². The Morgan fingerprint density at radius 1 is 1.29 bits per heavy atom. The van der Waals surface area contributed by atoms with Gasteiger partial charge in [-0.25, -0.2) is 0 Å². The summed E-state index contributed by atoms with van der Waals surface area (Å²) in [5.41, 5.74) is -0.0241. The molecule has 8 heteroatoms. The Morgan fingerprint density at radius 2 is 2.00 bits per heavy atom. The quantitative estimate of drug-likeness (QED) is 0.627. The van der Waals surface area contributed by atoms with Crippen molar-refractivity contribution in [3.8, 4) is 17.2 Å². The fourth-order valence-electron chi connectivity index (χ4n) is 2.81. The van der Waals surface area contributed by atoms with Crippen molar-refractivity contribution in [2.24, 2.45) is 0 Å². The molecule has 0 saturated heterocycles. The standard InChI is InChI=1S/C20H26N2O6/c1-12-9-16(24)19(26)20(28-12)14(11-18(25)21-7-8-22(2)3)13-5-6-15(23)17(10-13)27-4/h5-6,9-10,14,23,26H,7-8,11H2,1-4H3,(H,21,25)/t14-/m0/s1. The molecular formula is C20H26N2O6. The van der Waals surface area contributed by atoms with E-state index in [0.717, 1.165) is 0 Å². The lowest BCUT2D eigenvalue weighted by Crippen LogP contribution is -2.32. The Bertz CT molecular complexity index is 891. The Kier molecular flexibility index (Phi) is 7.06. The van der Waals surface area contributed by atoms with Crippen LogP contribution in [0.3, 0.4) is 0 Å². The lowest BCUT2D eigenvalue weighted by molar-refractivity contribution is -0.121. The summed E-state index contributed by atoms with van der Waals surface area (Å²) in [4.78, 5) is 26.4. The average Bonchev–Trinajstić information content (AvgIpc) is 2.63. The third-order valence-electron chi connectivity index (χ3n) is 4.27. The van der Waals surface area contributed by atoms with Crippen LogP contribution in [0.2, 0.25) is 0 Å². The number of aryl methyl sites for hydroxylation is 1. The fraction of sp³-hybridized carbons (Fsp3) is 0.400. The molecule has 3 N–H and O–H groups in total. The van der Waals surface area contributed by atoms with Gasteiger partial charge >= 0.3 is 0 Å². The van der Waals surface area contributed by atoms with Crippen LogP contribution in [-0.4, -0.2) is 55.3 Å². The van der Waals surface area contributed by atoms with Crippen LogP contribution in [0.25, 0.3) is 0 Å². The number of phenols is 1. The van der Waals surface area contributed by atoms with Gasteiger partial charge in [0.25, 0.3) is 0 Å². The van der Waals surface area contributed by atoms with Crippen molar-refractivity contribution < 1.29 is 24.2 Å². The van der Waals surface area contributed by atoms with E-state index in [4.69, 9.17) is 9.15 Å². The minimum atomic E-state index is -0.735. The summed E-state index contributed by atoms with van der Waals surface area (Å²) in [6.07, 6.45) is -0.0543. The zero-order valence-corrected chi connectivity index (χ0v) is 16.5. The second-order valence-corrected chi connectivity index (χ2v) is 6.78. The normalized spacial score (nSPS) is 12.0. The highest BCUT2D eigenvalue weighted by Crippen LogP contribution is 2.37. The highest BCUT2D eigenvalue weighted by Gasteiger charge is 2.26. The number of aromatic hydroxyl groups is 2. The molecule has 0 aliphatic rings. The van der Waals surface area contributed by atoms with Crippen molar-refractivity contribution in [1.29, 1.82) is 0 Å². The molecule has 0 unspecified atom stereocenters. The minimum Gasteiger partial charge on any atom is -0.504 e. The van der Waals surface area contributed by atoms with Crippen LogP contribution >= 0.6 is 0 Å². The van der Waals surface area contributed by atoms with Crippen molar-refractivity contribution in [1.82, 2.24) is 10.2 Å². The maximum Gasteiger partial charge on any atom is 0.227 e. The number of nitrogens with zero attached hydrogens (tertiary/aromatic N) is 1. The van der Waals surface area contributed by atoms with E-state index in [9.17, 15) is 19.8 Å². The zero-order chi connectivity index (χ0) is 20.8. The van der Waals surface area contributed by atoms with Gasteiger partial charge in [-0.1, -0.05) is 6.07 Å². The van der Waals surface area contributed by atoms with Gasteiger partial charge in [0.05, 0.1) is 13.0 Å². The molecule has 0 spiro atoms. The van der Waals surface area contributed by atoms with Gasteiger partial charge in [-0.05, 0) is 38.7 Å². The highest BCUT2D eigenvalue weighted by atomic mass is 16.5. The molecule has 0 fully saturated rings. The largest absolute Gasteiger partial charge is 0.504 e. The molecule has 2 rings (SSSR count). The van der Waals surface area contributed by atoms with Gasteiger partial charge in [-0.2, -0.15) is 0 Å². The van der Waals surface area contributed by atoms with Crippen LogP contribution in [0.1, 0.15) is 29.4 Å². The zero-order valence-electron chi connectivity index (χ0n) is 16.5. The number of methoxy groups -OCH3 is 1. The first-order valence-electron chi connectivity index (χ1n) is 8.84. The van der Waals surface area contributed by atoms with Crippen molar-refractivity contribution in [3.63, 3.8) is 0 Å². The highest BCUT2D eigenvalue weighted by molar-refractivity contribution is 5.77. The first-order valence-corrected chi connectivity index (χ1v) is 8.84. The van der Waals surface area contributed by atoms with Gasteiger partial charge in [0.15, 0.2) is 17.3 Å². The number of ether oxygens (including phenoxy) is 1. The lowest BCUT2D eigenvalue weighted by Gasteiger charge is -2.19. The molecule has 28 heavy (non-hydrogen) atoms. The van der Waals surface area contributed by atoms with E-state index >= 15 is 0 Å². The van der Waals surface area contributed by atoms with Crippen molar-refractivity contribution >= 4 is 5.91 Å². The van der Waals surface area contributed by atoms with Crippen LogP contribution in [-0.2, 0) is 4.79 Å². The molecule has 1 aromatic heterocycles. The number of nitrogens with one attached hydrogen (secondary N) is 1. The van der Waals surface area contributed by atoms with Gasteiger partial charge in [0.1, 0.15) is 5.76 Å². The predicted octanol–water partition coefficient (Wildman–Crippen LogP) is 1.57. The van der Waals surface area contributed by atoms with Crippen LogP contribution in [0.15, 0.2) is 33.5 Å². The molecule has 1 atom stereocenters. The number of hydrogen-bond donors (Lipinski definition) is 3. The summed E-state index contributed by atoms with van der Waals surface area (Å²) in [7, 11) is 5.21. The third-order valence-corrected chi connectivity index (χ3v) is 4.27. The predicted molar refractivity (Wildman–Crippen MR) is 104 cm³/mol.